The van der Waals surface area contributed by atoms with Gasteiger partial charge in [-0.1, -0.05) is 158 Å². The highest BCUT2D eigenvalue weighted by molar-refractivity contribution is 6.09. The largest absolute Gasteiger partial charge is 0.481 e. The number of carbonyl (C=O) groups is 18. The summed E-state index contributed by atoms with van der Waals surface area (Å²) in [5.74, 6) is -16.4. The zero-order valence-corrected chi connectivity index (χ0v) is 74.8. The number of carboxylic acid groups (broad SMARTS) is 11. The number of amides is 6. The molecule has 6 amide bonds. The smallest absolute Gasteiger partial charge is 0.412 e. The summed E-state index contributed by atoms with van der Waals surface area (Å²) < 4.78 is 40.1. The van der Waals surface area contributed by atoms with E-state index in [0.717, 1.165) is 69.8 Å². The normalized spacial score (nSPS) is 10.7. The minimum atomic E-state index is -4.88. The lowest BCUT2D eigenvalue weighted by Gasteiger charge is -2.22. The van der Waals surface area contributed by atoms with E-state index < -0.39 is 130 Å². The molecular formula is C103H86F3N7O29. The molecule has 0 aromatic heterocycles. The number of halogens is 3. The van der Waals surface area contributed by atoms with Crippen LogP contribution >= 0.6 is 0 Å². The molecule has 728 valence electrons. The molecule has 0 spiro atoms. The van der Waals surface area contributed by atoms with Gasteiger partial charge in [-0.2, -0.15) is 18.4 Å². The van der Waals surface area contributed by atoms with Gasteiger partial charge >= 0.3 is 71.8 Å². The molecule has 2 atom stereocenters. The van der Waals surface area contributed by atoms with Gasteiger partial charge < -0.3 is 88.1 Å². The number of nitriles is 1. The van der Waals surface area contributed by atoms with Gasteiger partial charge in [0.15, 0.2) is 6.04 Å². The molecule has 0 bridgehead atoms. The van der Waals surface area contributed by atoms with Crippen LogP contribution in [0.1, 0.15) is 247 Å². The number of Topliss-reactive ketones (excluding diaryl/α,β-unsaturated/α-hetero) is 1. The molecule has 0 aliphatic carbocycles. The number of aliphatic carboxylic acids is 1. The van der Waals surface area contributed by atoms with Crippen LogP contribution in [0.5, 0.6) is 0 Å². The van der Waals surface area contributed by atoms with Crippen LogP contribution in [0.3, 0.4) is 0 Å². The van der Waals surface area contributed by atoms with Crippen LogP contribution in [-0.4, -0.2) is 169 Å². The molecule has 0 heterocycles. The first-order valence-electron chi connectivity index (χ1n) is 41.7. The Bertz CT molecular complexity index is 6690. The minimum absolute atomic E-state index is 0.0137. The van der Waals surface area contributed by atoms with Crippen LogP contribution in [-0.2, 0) is 48.6 Å². The lowest BCUT2D eigenvalue weighted by molar-refractivity contribution is -0.155. The molecule has 0 radical (unpaired) electrons. The summed E-state index contributed by atoms with van der Waals surface area (Å²) in [7, 11) is 0. The van der Waals surface area contributed by atoms with E-state index in [-0.39, 0.29) is 127 Å². The number of hydrogen-bond donors (Lipinski definition) is 17. The molecule has 142 heavy (non-hydrogen) atoms. The highest BCUT2D eigenvalue weighted by Crippen LogP contribution is 2.34. The van der Waals surface area contributed by atoms with Crippen molar-refractivity contribution in [2.24, 2.45) is 0 Å². The van der Waals surface area contributed by atoms with Crippen molar-refractivity contribution in [1.82, 2.24) is 31.9 Å². The average molecular weight is 1940 g/mol. The maximum atomic E-state index is 13.4. The van der Waals surface area contributed by atoms with Crippen molar-refractivity contribution in [3.05, 3.63) is 424 Å². The lowest BCUT2D eigenvalue weighted by Crippen LogP contribution is -2.38. The van der Waals surface area contributed by atoms with E-state index >= 15 is 0 Å². The summed E-state index contributed by atoms with van der Waals surface area (Å²) in [5.41, 5.74) is 4.81. The fraction of sp³-hybridized carbons (Fsp3) is 0.117. The molecule has 0 saturated carbocycles. The first-order valence-corrected chi connectivity index (χ1v) is 41.7. The van der Waals surface area contributed by atoms with E-state index in [4.69, 9.17) is 61.4 Å². The Morgan fingerprint density at radius 1 is 0.296 bits per heavy atom. The number of hydrogen-bond acceptors (Lipinski definition) is 19. The van der Waals surface area contributed by atoms with Gasteiger partial charge in [-0.05, 0) is 192 Å². The van der Waals surface area contributed by atoms with E-state index in [1.165, 1.54) is 128 Å². The molecule has 17 N–H and O–H groups in total. The summed E-state index contributed by atoms with van der Waals surface area (Å²) >= 11 is 0. The van der Waals surface area contributed by atoms with Crippen molar-refractivity contribution in [2.45, 2.75) is 78.1 Å². The third-order valence-corrected chi connectivity index (χ3v) is 20.2. The highest BCUT2D eigenvalue weighted by atomic mass is 19.4. The fourth-order valence-electron chi connectivity index (χ4n) is 13.0. The second-order valence-corrected chi connectivity index (χ2v) is 30.2. The lowest BCUT2D eigenvalue weighted by atomic mass is 10.0. The minimum Gasteiger partial charge on any atom is -0.481 e. The van der Waals surface area contributed by atoms with Gasteiger partial charge in [0.25, 0.3) is 35.4 Å². The molecule has 2 unspecified atom stereocenters. The third-order valence-electron chi connectivity index (χ3n) is 20.2. The molecule has 0 aliphatic rings. The number of nitrogens with zero attached hydrogens (tertiary/aromatic N) is 1. The highest BCUT2D eigenvalue weighted by Gasteiger charge is 2.42. The Morgan fingerprint density at radius 3 is 0.866 bits per heavy atom. The molecule has 12 rings (SSSR count). The van der Waals surface area contributed by atoms with Crippen LogP contribution in [0, 0.1) is 18.3 Å². The molecule has 39 heteroatoms. The Morgan fingerprint density at radius 2 is 0.570 bits per heavy atom. The van der Waals surface area contributed by atoms with Crippen LogP contribution in [0.15, 0.2) is 279 Å². The zero-order chi connectivity index (χ0) is 105. The Labute approximate surface area is 803 Å². The van der Waals surface area contributed by atoms with Gasteiger partial charge in [0, 0.05) is 32.6 Å². The Balaban J connectivity index is 0.000000231. The van der Waals surface area contributed by atoms with Crippen molar-refractivity contribution in [3.8, 4) is 6.07 Å². The Hall–Kier alpha value is -19.4. The van der Waals surface area contributed by atoms with Gasteiger partial charge in [-0.15, -0.1) is 0 Å². The standard InChI is InChI=1S/C18H17NO4.C17H12F3NO5.C17H12N2O5.3C17H15NO5/c1-12(20)10-13-6-8-14(9-7-13)11-19-17(21)15-4-2-3-5-16(15)18(22)23;18-17(19,20)13(9-5-7-10(8-6-9)15(23)24)21-14(22)11-3-1-2-4-12(11)16(25)26;18-8-11-7-10(5-6-12(11)16(21)22)9-19-15(20)13-3-1-2-4-14(13)17(23)24;1-10(11-6-8-12(9-7-11)16(20)21)18-15(19)13-4-2-3-5-14(13)17(22)23;1-10-8-11(16(20)21)6-7-12(10)9-18-15(19)13-4-2-3-5-14(13)17(22)23;19-15(20)9-11-5-7-12(8-6-11)10-18-16(21)13-3-1-2-4-14(13)17(22)23/h2-9H,10-11H2,1H3,(H,19,21)(H,22,23);1-8,13H,(H,21,22)(H,23,24)(H,25,26);1-7H,9H2,(H,19,20)(H,21,22)(H,23,24);2-10H,1H3,(H,18,19)(H,20,21)(H,22,23);2-8H,9H2,1H3,(H,18,19)(H,20,21)(H,22,23);1-8H,9-10H2,(H,18,21)(H,19,20)(H,22,23). The quantitative estimate of drug-likeness (QED) is 0.0186. The number of nitrogens with one attached hydrogen (secondary N) is 6. The number of ketones is 1. The van der Waals surface area contributed by atoms with Gasteiger partial charge in [-0.25, -0.2) is 47.9 Å². The predicted molar refractivity (Wildman–Crippen MR) is 499 cm³/mol. The molecule has 0 saturated heterocycles. The van der Waals surface area contributed by atoms with E-state index in [0.29, 0.717) is 17.5 Å². The summed E-state index contributed by atoms with van der Waals surface area (Å²) in [6.45, 7) is 5.73. The number of carbonyl (C=O) groups excluding carboxylic acids is 7. The molecule has 0 aliphatic heterocycles. The van der Waals surface area contributed by atoms with Gasteiger partial charge in [0.1, 0.15) is 11.9 Å². The number of alkyl halides is 3. The van der Waals surface area contributed by atoms with Gasteiger partial charge in [0.05, 0.1) is 107 Å². The summed E-state index contributed by atoms with van der Waals surface area (Å²) in [6, 6.07) is 66.4. The van der Waals surface area contributed by atoms with E-state index in [1.54, 1.807) is 122 Å². The zero-order valence-electron chi connectivity index (χ0n) is 74.8. The Kier molecular flexibility index (Phi) is 40.5. The first kappa shape index (κ1) is 110. The molecule has 12 aromatic carbocycles. The van der Waals surface area contributed by atoms with Crippen LogP contribution in [0.25, 0.3) is 0 Å². The van der Waals surface area contributed by atoms with Crippen molar-refractivity contribution in [1.29, 1.82) is 5.26 Å². The number of aromatic carboxylic acids is 10. The number of rotatable bonds is 32. The molecular weight excluding hydrogens is 1860 g/mol. The number of aryl methyl sites for hydroxylation is 1. The third kappa shape index (κ3) is 33.0. The maximum absolute atomic E-state index is 13.4. The molecule has 0 fully saturated rings. The number of benzene rings is 12. The topological polar surface area (TPSA) is 626 Å². The first-order chi connectivity index (χ1) is 67.3. The maximum Gasteiger partial charge on any atom is 0.412 e. The molecule has 36 nitrogen and oxygen atoms in total. The molecule has 12 aromatic rings. The second-order valence-electron chi connectivity index (χ2n) is 30.2. The summed E-state index contributed by atoms with van der Waals surface area (Å²) in [4.78, 5) is 205. The predicted octanol–water partition coefficient (Wildman–Crippen LogP) is 14.3. The van der Waals surface area contributed by atoms with E-state index in [2.05, 4.69) is 26.6 Å². The monoisotopic (exact) mass is 1940 g/mol. The summed E-state index contributed by atoms with van der Waals surface area (Å²) in [5, 5.41) is 123. The average Bonchev–Trinajstić information content (AvgIpc) is 0.805. The SMILES string of the molecule is CC(=O)Cc1ccc(CNC(=O)c2ccccc2C(=O)O)cc1.CC(NC(=O)c1ccccc1C(=O)O)c1ccc(C(=O)O)cc1.Cc1cc(C(=O)O)ccc1CNC(=O)c1ccccc1C(=O)O.N#Cc1cc(CNC(=O)c2ccccc2C(=O)O)ccc1C(=O)O.O=C(O)Cc1ccc(CNC(=O)c2ccccc2C(=O)O)cc1.O=C(O)c1ccc(C(NC(=O)c2ccccc2C(=O)O)C(F)(F)F)cc1. The summed E-state index contributed by atoms with van der Waals surface area (Å²) in [6.07, 6.45) is -4.55. The van der Waals surface area contributed by atoms with Crippen LogP contribution in [0.4, 0.5) is 13.2 Å². The number of carboxylic acids is 11. The van der Waals surface area contributed by atoms with Crippen LogP contribution in [0.2, 0.25) is 0 Å². The van der Waals surface area contributed by atoms with Gasteiger partial charge in [-0.3, -0.25) is 38.4 Å². The van der Waals surface area contributed by atoms with Crippen molar-refractivity contribution in [3.63, 3.8) is 0 Å². The van der Waals surface area contributed by atoms with Crippen molar-refractivity contribution in [2.75, 3.05) is 0 Å². The van der Waals surface area contributed by atoms with Crippen molar-refractivity contribution < 1.29 is 156 Å². The van der Waals surface area contributed by atoms with E-state index in [9.17, 15) is 99.5 Å². The fourth-order valence-corrected chi connectivity index (χ4v) is 13.0. The van der Waals surface area contributed by atoms with Crippen LogP contribution < -0.4 is 31.9 Å². The van der Waals surface area contributed by atoms with Crippen molar-refractivity contribution >= 4 is 107 Å². The van der Waals surface area contributed by atoms with Gasteiger partial charge in [0.2, 0.25) is 0 Å². The second kappa shape index (κ2) is 52.5. The van der Waals surface area contributed by atoms with E-state index in [1.807, 2.05) is 24.3 Å².